The van der Waals surface area contributed by atoms with E-state index < -0.39 is 5.97 Å². The van der Waals surface area contributed by atoms with Crippen LogP contribution in [0.25, 0.3) is 0 Å². The highest BCUT2D eigenvalue weighted by Crippen LogP contribution is 2.24. The Morgan fingerprint density at radius 3 is 2.62 bits per heavy atom. The smallest absolute Gasteiger partial charge is 0.337 e. The van der Waals surface area contributed by atoms with Crippen LogP contribution in [0.3, 0.4) is 0 Å². The van der Waals surface area contributed by atoms with E-state index in [0.717, 1.165) is 11.3 Å². The fraction of sp³-hybridized carbons (Fsp3) is 0.350. The number of aromatic nitrogens is 2. The van der Waals surface area contributed by atoms with Crippen molar-refractivity contribution in [2.75, 3.05) is 32.1 Å². The number of benzene rings is 1. The van der Waals surface area contributed by atoms with Crippen molar-refractivity contribution < 1.29 is 24.2 Å². The van der Waals surface area contributed by atoms with Gasteiger partial charge in [-0.05, 0) is 31.2 Å². The average Bonchev–Trinajstić information content (AvgIpc) is 3.20. The fourth-order valence-corrected chi connectivity index (χ4v) is 3.08. The zero-order chi connectivity index (χ0) is 21.0. The Labute approximate surface area is 168 Å². The van der Waals surface area contributed by atoms with Gasteiger partial charge in [0.25, 0.3) is 5.91 Å². The molecule has 9 heteroatoms. The number of aliphatic hydroxyl groups excluding tert-OH is 1. The largest absolute Gasteiger partial charge is 0.489 e. The molecule has 0 atom stereocenters. The van der Waals surface area contributed by atoms with Crippen LogP contribution in [-0.2, 0) is 28.0 Å². The van der Waals surface area contributed by atoms with Crippen LogP contribution < -0.4 is 10.1 Å². The maximum absolute atomic E-state index is 12.5. The van der Waals surface area contributed by atoms with Crippen molar-refractivity contribution in [2.45, 2.75) is 13.5 Å². The van der Waals surface area contributed by atoms with Crippen LogP contribution in [-0.4, -0.2) is 58.5 Å². The monoisotopic (exact) mass is 400 g/mol. The molecule has 9 nitrogen and oxygen atoms in total. The van der Waals surface area contributed by atoms with Gasteiger partial charge in [-0.15, -0.1) is 0 Å². The molecular weight excluding hydrogens is 376 g/mol. The van der Waals surface area contributed by atoms with Gasteiger partial charge in [0, 0.05) is 31.0 Å². The second-order valence-electron chi connectivity index (χ2n) is 6.65. The predicted octanol–water partition coefficient (Wildman–Crippen LogP) is 0.981. The van der Waals surface area contributed by atoms with Crippen molar-refractivity contribution in [2.24, 2.45) is 7.05 Å². The molecule has 2 N–H and O–H groups in total. The Kier molecular flexibility index (Phi) is 6.18. The Hall–Kier alpha value is -3.33. The Bertz CT molecular complexity index is 933. The van der Waals surface area contributed by atoms with Gasteiger partial charge in [0.2, 0.25) is 0 Å². The molecule has 1 amide bonds. The molecule has 0 aliphatic carbocycles. The van der Waals surface area contributed by atoms with E-state index in [1.807, 2.05) is 20.2 Å². The number of β-amino-alcohol motifs (C(OH)–C–C–N with tert-alkyl or cyclic N) is 1. The molecule has 154 valence electrons. The number of aryl methyl sites for hydroxylation is 2. The van der Waals surface area contributed by atoms with Crippen LogP contribution in [0.1, 0.15) is 11.3 Å². The van der Waals surface area contributed by atoms with E-state index in [0.29, 0.717) is 18.0 Å². The van der Waals surface area contributed by atoms with Gasteiger partial charge in [0.15, 0.2) is 0 Å². The van der Waals surface area contributed by atoms with Crippen LogP contribution >= 0.6 is 0 Å². The first-order valence-corrected chi connectivity index (χ1v) is 9.13. The molecule has 0 fully saturated rings. The molecule has 0 saturated carbocycles. The van der Waals surface area contributed by atoms with Crippen molar-refractivity contribution in [1.29, 1.82) is 0 Å². The summed E-state index contributed by atoms with van der Waals surface area (Å²) in [5.41, 5.74) is 2.94. The summed E-state index contributed by atoms with van der Waals surface area (Å²) in [4.78, 5) is 26.0. The first kappa shape index (κ1) is 20.4. The number of rotatable bonds is 8. The summed E-state index contributed by atoms with van der Waals surface area (Å²) < 4.78 is 12.3. The quantitative estimate of drug-likeness (QED) is 0.636. The minimum atomic E-state index is -0.576. The minimum absolute atomic E-state index is 0.0973. The van der Waals surface area contributed by atoms with E-state index in [4.69, 9.17) is 14.6 Å². The topological polar surface area (TPSA) is 106 Å². The molecule has 2 heterocycles. The number of methoxy groups -OCH3 is 1. The molecule has 0 saturated heterocycles. The van der Waals surface area contributed by atoms with E-state index >= 15 is 0 Å². The summed E-state index contributed by atoms with van der Waals surface area (Å²) in [6.45, 7) is 2.39. The SMILES string of the molecule is COC(=O)C1=C(Nc2ccc(OCc3cn(C)nc3C)cc2)C(=O)N(CCO)C1. The number of nitrogens with one attached hydrogen (secondary N) is 1. The lowest BCUT2D eigenvalue weighted by Crippen LogP contribution is -2.31. The van der Waals surface area contributed by atoms with Gasteiger partial charge in [-0.3, -0.25) is 9.48 Å². The first-order chi connectivity index (χ1) is 13.9. The number of esters is 1. The van der Waals surface area contributed by atoms with Gasteiger partial charge in [-0.25, -0.2) is 4.79 Å². The van der Waals surface area contributed by atoms with Gasteiger partial charge in [-0.2, -0.15) is 5.10 Å². The molecule has 2 aromatic rings. The highest BCUT2D eigenvalue weighted by atomic mass is 16.5. The number of ether oxygens (including phenoxy) is 2. The molecule has 0 spiro atoms. The van der Waals surface area contributed by atoms with E-state index in [-0.39, 0.29) is 36.9 Å². The molecular formula is C20H24N4O5. The summed E-state index contributed by atoms with van der Waals surface area (Å²) in [7, 11) is 3.13. The molecule has 1 aromatic heterocycles. The Morgan fingerprint density at radius 1 is 1.31 bits per heavy atom. The number of amides is 1. The number of anilines is 1. The summed E-state index contributed by atoms with van der Waals surface area (Å²) in [6, 6.07) is 7.07. The van der Waals surface area contributed by atoms with Gasteiger partial charge in [-0.1, -0.05) is 0 Å². The fourth-order valence-electron chi connectivity index (χ4n) is 3.08. The van der Waals surface area contributed by atoms with Gasteiger partial charge < -0.3 is 24.8 Å². The summed E-state index contributed by atoms with van der Waals surface area (Å²) in [5, 5.41) is 16.4. The van der Waals surface area contributed by atoms with E-state index in [2.05, 4.69) is 10.4 Å². The van der Waals surface area contributed by atoms with Crippen LogP contribution in [0.15, 0.2) is 41.7 Å². The first-order valence-electron chi connectivity index (χ1n) is 9.13. The molecule has 29 heavy (non-hydrogen) atoms. The van der Waals surface area contributed by atoms with Gasteiger partial charge >= 0.3 is 5.97 Å². The van der Waals surface area contributed by atoms with E-state index in [9.17, 15) is 9.59 Å². The molecule has 0 unspecified atom stereocenters. The molecule has 1 aromatic carbocycles. The maximum atomic E-state index is 12.5. The number of carbonyl (C=O) groups excluding carboxylic acids is 2. The van der Waals surface area contributed by atoms with Crippen molar-refractivity contribution in [3.8, 4) is 5.75 Å². The molecule has 0 radical (unpaired) electrons. The second kappa shape index (κ2) is 8.78. The summed E-state index contributed by atoms with van der Waals surface area (Å²) in [6.07, 6.45) is 1.91. The summed E-state index contributed by atoms with van der Waals surface area (Å²) in [5.74, 6) is -0.263. The zero-order valence-electron chi connectivity index (χ0n) is 16.6. The van der Waals surface area contributed by atoms with Crippen molar-refractivity contribution >= 4 is 17.6 Å². The van der Waals surface area contributed by atoms with Crippen LogP contribution in [0.2, 0.25) is 0 Å². The lowest BCUT2D eigenvalue weighted by Gasteiger charge is -2.15. The minimum Gasteiger partial charge on any atom is -0.489 e. The summed E-state index contributed by atoms with van der Waals surface area (Å²) >= 11 is 0. The number of hydrogen-bond acceptors (Lipinski definition) is 7. The van der Waals surface area contributed by atoms with Gasteiger partial charge in [0.05, 0.1) is 31.5 Å². The third kappa shape index (κ3) is 4.57. The van der Waals surface area contributed by atoms with Crippen molar-refractivity contribution in [3.63, 3.8) is 0 Å². The third-order valence-corrected chi connectivity index (χ3v) is 4.59. The predicted molar refractivity (Wildman–Crippen MR) is 105 cm³/mol. The van der Waals surface area contributed by atoms with Crippen LogP contribution in [0, 0.1) is 6.92 Å². The molecule has 3 rings (SSSR count). The number of hydrogen-bond donors (Lipinski definition) is 2. The number of aliphatic hydroxyl groups is 1. The zero-order valence-corrected chi connectivity index (χ0v) is 16.6. The second-order valence-corrected chi connectivity index (χ2v) is 6.65. The normalized spacial score (nSPS) is 13.8. The third-order valence-electron chi connectivity index (χ3n) is 4.59. The van der Waals surface area contributed by atoms with Crippen molar-refractivity contribution in [1.82, 2.24) is 14.7 Å². The highest BCUT2D eigenvalue weighted by molar-refractivity contribution is 6.08. The maximum Gasteiger partial charge on any atom is 0.337 e. The van der Waals surface area contributed by atoms with E-state index in [1.165, 1.54) is 12.0 Å². The lowest BCUT2D eigenvalue weighted by molar-refractivity contribution is -0.136. The molecule has 1 aliphatic heterocycles. The number of carbonyl (C=O) groups is 2. The van der Waals surface area contributed by atoms with Crippen LogP contribution in [0.5, 0.6) is 5.75 Å². The molecule has 0 bridgehead atoms. The Morgan fingerprint density at radius 2 is 2.03 bits per heavy atom. The lowest BCUT2D eigenvalue weighted by atomic mass is 10.2. The van der Waals surface area contributed by atoms with Gasteiger partial charge in [0.1, 0.15) is 18.1 Å². The highest BCUT2D eigenvalue weighted by Gasteiger charge is 2.34. The standard InChI is InChI=1S/C20H24N4O5/c1-13-14(10-23(2)22-13)12-29-16-6-4-15(5-7-16)21-18-17(20(27)28-3)11-24(8-9-25)19(18)26/h4-7,10,21,25H,8-9,11-12H2,1-3H3. The molecule has 1 aliphatic rings. The Balaban J connectivity index is 1.69. The average molecular weight is 400 g/mol. The van der Waals surface area contributed by atoms with Crippen LogP contribution in [0.4, 0.5) is 5.69 Å². The van der Waals surface area contributed by atoms with Crippen molar-refractivity contribution in [3.05, 3.63) is 53.0 Å². The number of nitrogens with zero attached hydrogens (tertiary/aromatic N) is 3. The van der Waals surface area contributed by atoms with E-state index in [1.54, 1.807) is 28.9 Å².